The molecule has 94 valence electrons. The van der Waals surface area contributed by atoms with Crippen LogP contribution in [0.3, 0.4) is 0 Å². The Morgan fingerprint density at radius 1 is 1.53 bits per heavy atom. The predicted molar refractivity (Wildman–Crippen MR) is 68.6 cm³/mol. The van der Waals surface area contributed by atoms with Gasteiger partial charge in [-0.1, -0.05) is 24.6 Å². The number of benzene rings is 1. The summed E-state index contributed by atoms with van der Waals surface area (Å²) in [5, 5.41) is 0.169. The van der Waals surface area contributed by atoms with E-state index in [1.54, 1.807) is 6.07 Å². The SMILES string of the molecule is CCCN1CC[C@H](N)[C@H]1c1ccc(Cl)c(F)c1. The van der Waals surface area contributed by atoms with Crippen molar-refractivity contribution in [2.45, 2.75) is 31.8 Å². The minimum absolute atomic E-state index is 0.0853. The molecule has 2 N–H and O–H groups in total. The average molecular weight is 257 g/mol. The number of likely N-dealkylation sites (tertiary alicyclic amines) is 1. The van der Waals surface area contributed by atoms with Gasteiger partial charge in [0.2, 0.25) is 0 Å². The summed E-state index contributed by atoms with van der Waals surface area (Å²) < 4.78 is 13.5. The van der Waals surface area contributed by atoms with E-state index in [0.717, 1.165) is 31.5 Å². The van der Waals surface area contributed by atoms with Gasteiger partial charge in [-0.2, -0.15) is 0 Å². The van der Waals surface area contributed by atoms with Crippen LogP contribution in [-0.4, -0.2) is 24.0 Å². The second-order valence-electron chi connectivity index (χ2n) is 4.61. The molecule has 0 radical (unpaired) electrons. The number of rotatable bonds is 3. The van der Waals surface area contributed by atoms with Crippen molar-refractivity contribution >= 4 is 11.6 Å². The van der Waals surface area contributed by atoms with Crippen LogP contribution in [0, 0.1) is 5.82 Å². The fourth-order valence-electron chi connectivity index (χ4n) is 2.58. The van der Waals surface area contributed by atoms with Crippen LogP contribution in [0.2, 0.25) is 5.02 Å². The molecule has 0 spiro atoms. The Morgan fingerprint density at radius 2 is 2.29 bits per heavy atom. The molecular formula is C13H18ClFN2. The number of nitrogens with two attached hydrogens (primary N) is 1. The lowest BCUT2D eigenvalue weighted by Crippen LogP contribution is -2.32. The molecule has 1 aliphatic rings. The molecule has 1 saturated heterocycles. The number of hydrogen-bond donors (Lipinski definition) is 1. The van der Waals surface area contributed by atoms with Crippen molar-refractivity contribution < 1.29 is 4.39 Å². The van der Waals surface area contributed by atoms with Gasteiger partial charge in [0.15, 0.2) is 0 Å². The van der Waals surface area contributed by atoms with Gasteiger partial charge >= 0.3 is 0 Å². The molecule has 0 aliphatic carbocycles. The third-order valence-electron chi connectivity index (χ3n) is 3.34. The minimum Gasteiger partial charge on any atom is -0.326 e. The van der Waals surface area contributed by atoms with Gasteiger partial charge in [0.05, 0.1) is 11.1 Å². The van der Waals surface area contributed by atoms with E-state index in [0.29, 0.717) is 0 Å². The maximum Gasteiger partial charge on any atom is 0.142 e. The molecule has 0 unspecified atom stereocenters. The summed E-state index contributed by atoms with van der Waals surface area (Å²) in [6, 6.07) is 5.22. The molecule has 2 atom stereocenters. The first kappa shape index (κ1) is 12.8. The van der Waals surface area contributed by atoms with E-state index in [4.69, 9.17) is 17.3 Å². The predicted octanol–water partition coefficient (Wildman–Crippen LogP) is 2.96. The highest BCUT2D eigenvalue weighted by atomic mass is 35.5. The first-order valence-corrected chi connectivity index (χ1v) is 6.46. The van der Waals surface area contributed by atoms with E-state index in [1.165, 1.54) is 6.07 Å². The van der Waals surface area contributed by atoms with Gasteiger partial charge in [-0.05, 0) is 37.1 Å². The molecule has 0 aromatic heterocycles. The van der Waals surface area contributed by atoms with Gasteiger partial charge in [0, 0.05) is 12.6 Å². The van der Waals surface area contributed by atoms with E-state index >= 15 is 0 Å². The summed E-state index contributed by atoms with van der Waals surface area (Å²) in [5.41, 5.74) is 7.06. The third kappa shape index (κ3) is 2.62. The second kappa shape index (κ2) is 5.34. The quantitative estimate of drug-likeness (QED) is 0.901. The summed E-state index contributed by atoms with van der Waals surface area (Å²) in [7, 11) is 0. The molecule has 0 amide bonds. The van der Waals surface area contributed by atoms with Crippen molar-refractivity contribution in [3.63, 3.8) is 0 Å². The van der Waals surface area contributed by atoms with E-state index < -0.39 is 0 Å². The maximum atomic E-state index is 13.5. The summed E-state index contributed by atoms with van der Waals surface area (Å²) in [6.45, 7) is 4.13. The number of halogens is 2. The first-order chi connectivity index (χ1) is 8.13. The van der Waals surface area contributed by atoms with E-state index in [9.17, 15) is 4.39 Å². The summed E-state index contributed by atoms with van der Waals surface area (Å²) >= 11 is 5.70. The maximum absolute atomic E-state index is 13.5. The van der Waals surface area contributed by atoms with Crippen molar-refractivity contribution in [3.05, 3.63) is 34.6 Å². The Hall–Kier alpha value is -0.640. The Morgan fingerprint density at radius 3 is 2.94 bits per heavy atom. The minimum atomic E-state index is -0.361. The van der Waals surface area contributed by atoms with Crippen LogP contribution in [-0.2, 0) is 0 Å². The second-order valence-corrected chi connectivity index (χ2v) is 5.01. The first-order valence-electron chi connectivity index (χ1n) is 6.08. The van der Waals surface area contributed by atoms with Gasteiger partial charge in [0.1, 0.15) is 5.82 Å². The molecule has 1 aromatic rings. The van der Waals surface area contributed by atoms with Crippen LogP contribution in [0.15, 0.2) is 18.2 Å². The smallest absolute Gasteiger partial charge is 0.142 e. The molecule has 0 bridgehead atoms. The van der Waals surface area contributed by atoms with Crippen LogP contribution >= 0.6 is 11.6 Å². The lowest BCUT2D eigenvalue weighted by atomic mass is 10.0. The highest BCUT2D eigenvalue weighted by Crippen LogP contribution is 2.32. The molecule has 1 heterocycles. The van der Waals surface area contributed by atoms with Crippen LogP contribution < -0.4 is 5.73 Å². The largest absolute Gasteiger partial charge is 0.326 e. The zero-order chi connectivity index (χ0) is 12.4. The standard InChI is InChI=1S/C13H18ClFN2/c1-2-6-17-7-5-12(16)13(17)9-3-4-10(14)11(15)8-9/h3-4,8,12-13H,2,5-7,16H2,1H3/t12-,13+/m0/s1. The molecule has 1 aliphatic heterocycles. The van der Waals surface area contributed by atoms with Crippen LogP contribution in [0.25, 0.3) is 0 Å². The van der Waals surface area contributed by atoms with E-state index in [1.807, 2.05) is 6.07 Å². The van der Waals surface area contributed by atoms with Gasteiger partial charge in [0.25, 0.3) is 0 Å². The monoisotopic (exact) mass is 256 g/mol. The lowest BCUT2D eigenvalue weighted by Gasteiger charge is -2.26. The summed E-state index contributed by atoms with van der Waals surface area (Å²) in [5.74, 6) is -0.361. The highest BCUT2D eigenvalue weighted by molar-refractivity contribution is 6.30. The zero-order valence-corrected chi connectivity index (χ0v) is 10.8. The van der Waals surface area contributed by atoms with Crippen molar-refractivity contribution in [1.82, 2.24) is 4.90 Å². The molecule has 1 aromatic carbocycles. The Balaban J connectivity index is 2.26. The highest BCUT2D eigenvalue weighted by Gasteiger charge is 2.32. The third-order valence-corrected chi connectivity index (χ3v) is 3.65. The van der Waals surface area contributed by atoms with Crippen molar-refractivity contribution in [3.8, 4) is 0 Å². The lowest BCUT2D eigenvalue weighted by molar-refractivity contribution is 0.248. The van der Waals surface area contributed by atoms with Crippen LogP contribution in [0.1, 0.15) is 31.4 Å². The number of hydrogen-bond acceptors (Lipinski definition) is 2. The normalized spacial score (nSPS) is 25.4. The Bertz CT molecular complexity index is 395. The van der Waals surface area contributed by atoms with Crippen molar-refractivity contribution in [1.29, 1.82) is 0 Å². The van der Waals surface area contributed by atoms with Gasteiger partial charge in [-0.15, -0.1) is 0 Å². The van der Waals surface area contributed by atoms with Crippen LogP contribution in [0.4, 0.5) is 4.39 Å². The molecule has 2 rings (SSSR count). The average Bonchev–Trinajstić information content (AvgIpc) is 2.65. The Labute approximate surface area is 107 Å². The molecular weight excluding hydrogens is 239 g/mol. The zero-order valence-electron chi connectivity index (χ0n) is 10.00. The Kier molecular flexibility index (Phi) is 4.02. The molecule has 17 heavy (non-hydrogen) atoms. The number of nitrogens with zero attached hydrogens (tertiary/aromatic N) is 1. The van der Waals surface area contributed by atoms with Gasteiger partial charge in [-0.3, -0.25) is 4.90 Å². The fraction of sp³-hybridized carbons (Fsp3) is 0.538. The molecule has 0 saturated carbocycles. The van der Waals surface area contributed by atoms with Gasteiger partial charge < -0.3 is 5.73 Å². The fourth-order valence-corrected chi connectivity index (χ4v) is 2.69. The summed E-state index contributed by atoms with van der Waals surface area (Å²) in [4.78, 5) is 2.33. The summed E-state index contributed by atoms with van der Waals surface area (Å²) in [6.07, 6.45) is 2.05. The molecule has 4 heteroatoms. The molecule has 2 nitrogen and oxygen atoms in total. The van der Waals surface area contributed by atoms with E-state index in [2.05, 4.69) is 11.8 Å². The van der Waals surface area contributed by atoms with E-state index in [-0.39, 0.29) is 22.9 Å². The van der Waals surface area contributed by atoms with Crippen molar-refractivity contribution in [2.24, 2.45) is 5.73 Å². The van der Waals surface area contributed by atoms with Gasteiger partial charge in [-0.25, -0.2) is 4.39 Å². The van der Waals surface area contributed by atoms with Crippen molar-refractivity contribution in [2.75, 3.05) is 13.1 Å². The molecule has 1 fully saturated rings. The topological polar surface area (TPSA) is 29.3 Å². The van der Waals surface area contributed by atoms with Crippen LogP contribution in [0.5, 0.6) is 0 Å².